The smallest absolute Gasteiger partial charge is 0.331 e. The predicted octanol–water partition coefficient (Wildman–Crippen LogP) is 12.9. The number of unbranched alkanes of at least 4 members (excludes halogenated alkanes) is 1. The Balaban J connectivity index is 1.41. The first kappa shape index (κ1) is 66.3. The average Bonchev–Trinajstić information content (AvgIpc) is 3.56. The van der Waals surface area contributed by atoms with Crippen molar-refractivity contribution in [2.75, 3.05) is 34.7 Å². The number of carbonyl (C=O) groups is 2. The lowest BCUT2D eigenvalue weighted by Gasteiger charge is -2.53. The van der Waals surface area contributed by atoms with Gasteiger partial charge >= 0.3 is 11.9 Å². The Labute approximate surface area is 480 Å². The number of benzene rings is 2. The van der Waals surface area contributed by atoms with Gasteiger partial charge in [-0.05, 0) is 98.8 Å². The monoisotopic (exact) mass is 1130 g/mol. The molecule has 15 heteroatoms. The van der Waals surface area contributed by atoms with Crippen LogP contribution in [0, 0.1) is 5.41 Å². The van der Waals surface area contributed by atoms with Gasteiger partial charge in [-0.2, -0.15) is 0 Å². The third kappa shape index (κ3) is 20.1. The lowest BCUT2D eigenvalue weighted by atomic mass is 9.73. The fourth-order valence-corrected chi connectivity index (χ4v) is 11.7. The summed E-state index contributed by atoms with van der Waals surface area (Å²) in [5.41, 5.74) is 3.62. The Kier molecular flexibility index (Phi) is 26.3. The van der Waals surface area contributed by atoms with Crippen molar-refractivity contribution in [1.29, 1.82) is 0 Å². The van der Waals surface area contributed by atoms with Crippen molar-refractivity contribution < 1.29 is 66.5 Å². The van der Waals surface area contributed by atoms with E-state index in [0.717, 1.165) is 40.9 Å². The van der Waals surface area contributed by atoms with Crippen molar-refractivity contribution in [2.24, 2.45) is 5.41 Å². The van der Waals surface area contributed by atoms with Crippen LogP contribution in [0.5, 0.6) is 5.75 Å². The molecule has 0 saturated carbocycles. The topological polar surface area (TPSA) is 156 Å². The zero-order valence-corrected chi connectivity index (χ0v) is 51.2. The Morgan fingerprint density at radius 1 is 0.825 bits per heavy atom. The SMILES string of the molecule is C=C1C[C@H](C[C@@H]2CC(=C)C[C@H](C=CC(C)(C)C3(OC)OC(C[C@@H](O[Si](C)(C)C(C)(C)C)[C@@H](C)OCOCc4ccccc4)CC(=CC(=O)OC)C3OC(=O)C=CC=CCCC)O2)O[C@H](CC(CCO)OCc2ccc(OC)cc2)C1. The van der Waals surface area contributed by atoms with Crippen LogP contribution in [-0.4, -0.2) is 121 Å². The Bertz CT molecular complexity index is 2370. The van der Waals surface area contributed by atoms with Gasteiger partial charge in [0.1, 0.15) is 12.5 Å². The minimum absolute atomic E-state index is 0.00574. The fraction of sp³-hybridized carbons (Fsp3) is 0.600. The van der Waals surface area contributed by atoms with E-state index in [1.165, 1.54) is 26.4 Å². The summed E-state index contributed by atoms with van der Waals surface area (Å²) < 4.78 is 70.5. The van der Waals surface area contributed by atoms with E-state index in [-0.39, 0.29) is 55.4 Å². The lowest BCUT2D eigenvalue weighted by molar-refractivity contribution is -0.338. The summed E-state index contributed by atoms with van der Waals surface area (Å²) in [4.78, 5) is 27.3. The molecule has 2 aromatic carbocycles. The highest BCUT2D eigenvalue weighted by Crippen LogP contribution is 2.50. The second kappa shape index (κ2) is 31.8. The highest BCUT2D eigenvalue weighted by molar-refractivity contribution is 6.74. The minimum atomic E-state index is -2.43. The van der Waals surface area contributed by atoms with Crippen LogP contribution in [0.2, 0.25) is 18.1 Å². The van der Waals surface area contributed by atoms with Gasteiger partial charge < -0.3 is 56.9 Å². The van der Waals surface area contributed by atoms with E-state index in [9.17, 15) is 14.7 Å². The number of rotatable bonds is 30. The standard InChI is InChI=1S/C65H96O14Si/c1-15-16-17-18-22-25-60(67)77-62-51(39-61(68)70-11)38-58(42-59(79-80(13,14)63(5,6)7)48(4)74-45-72-43-49-23-20-19-21-24-49)78-65(62,71-12)64(8,9)32-30-54-34-46(2)35-56(75-54)41-57-37-47(3)36-55(76-57)40-53(31-33-66)73-44-50-26-28-52(69-10)29-27-50/h17-30,32,39,48,53-59,62,66H,2-3,15-16,31,33-38,40-45H2,1,4-14H3/t48-,53?,54+,55+,56+,57-,58?,59-,62?,65?/m1/s1. The maximum Gasteiger partial charge on any atom is 0.331 e. The molecule has 0 aromatic heterocycles. The van der Waals surface area contributed by atoms with Crippen LogP contribution >= 0.6 is 0 Å². The van der Waals surface area contributed by atoms with Gasteiger partial charge in [-0.15, -0.1) is 0 Å². The number of hydrogen-bond acceptors (Lipinski definition) is 14. The minimum Gasteiger partial charge on any atom is -0.497 e. The second-order valence-electron chi connectivity index (χ2n) is 23.8. The number of allylic oxidation sites excluding steroid dienone is 3. The normalized spacial score (nSPS) is 25.1. The largest absolute Gasteiger partial charge is 0.497 e. The molecule has 3 aliphatic rings. The second-order valence-corrected chi connectivity index (χ2v) is 28.5. The number of aliphatic hydroxyl groups is 1. The highest BCUT2D eigenvalue weighted by Gasteiger charge is 2.59. The third-order valence-electron chi connectivity index (χ3n) is 15.8. The van der Waals surface area contributed by atoms with Gasteiger partial charge in [0.25, 0.3) is 0 Å². The summed E-state index contributed by atoms with van der Waals surface area (Å²) >= 11 is 0. The first-order valence-corrected chi connectivity index (χ1v) is 31.6. The first-order valence-electron chi connectivity index (χ1n) is 28.7. The van der Waals surface area contributed by atoms with Gasteiger partial charge in [-0.1, -0.05) is 145 Å². The molecule has 3 heterocycles. The van der Waals surface area contributed by atoms with E-state index >= 15 is 0 Å². The molecule has 1 N–H and O–H groups in total. The van der Waals surface area contributed by atoms with Gasteiger partial charge in [0.05, 0.1) is 76.3 Å². The van der Waals surface area contributed by atoms with E-state index in [0.29, 0.717) is 70.2 Å². The van der Waals surface area contributed by atoms with E-state index in [1.54, 1.807) is 13.2 Å². The number of aliphatic hydroxyl groups excluding tert-OH is 1. The summed E-state index contributed by atoms with van der Waals surface area (Å²) in [6, 6.07) is 17.7. The van der Waals surface area contributed by atoms with Crippen molar-refractivity contribution in [1.82, 2.24) is 0 Å². The molecule has 3 saturated heterocycles. The molecule has 3 aliphatic heterocycles. The van der Waals surface area contributed by atoms with Gasteiger partial charge in [0.15, 0.2) is 14.4 Å². The van der Waals surface area contributed by atoms with Gasteiger partial charge in [0, 0.05) is 50.5 Å². The number of esters is 2. The van der Waals surface area contributed by atoms with Crippen LogP contribution in [0.1, 0.15) is 130 Å². The van der Waals surface area contributed by atoms with Crippen molar-refractivity contribution >= 4 is 20.3 Å². The summed E-state index contributed by atoms with van der Waals surface area (Å²) in [5.74, 6) is -2.17. The Morgan fingerprint density at radius 2 is 1.50 bits per heavy atom. The van der Waals surface area contributed by atoms with E-state index < -0.39 is 55.9 Å². The quantitative estimate of drug-likeness (QED) is 0.0150. The van der Waals surface area contributed by atoms with E-state index in [2.05, 4.69) is 53.9 Å². The molecule has 0 radical (unpaired) electrons. The summed E-state index contributed by atoms with van der Waals surface area (Å²) in [7, 11) is 2.06. The van der Waals surface area contributed by atoms with Crippen LogP contribution in [0.4, 0.5) is 0 Å². The van der Waals surface area contributed by atoms with Crippen molar-refractivity contribution in [2.45, 2.75) is 211 Å². The zero-order chi connectivity index (χ0) is 58.5. The Morgan fingerprint density at radius 3 is 2.15 bits per heavy atom. The number of hydrogen-bond donors (Lipinski definition) is 1. The summed E-state index contributed by atoms with van der Waals surface area (Å²) in [6.45, 7) is 28.7. The molecule has 4 unspecified atom stereocenters. The molecule has 10 atom stereocenters. The molecule has 0 bridgehead atoms. The molecule has 5 rings (SSSR count). The molecule has 0 aliphatic carbocycles. The van der Waals surface area contributed by atoms with Crippen LogP contribution in [0.3, 0.4) is 0 Å². The molecule has 444 valence electrons. The molecule has 3 fully saturated rings. The molecular formula is C65H96O14Si. The maximum atomic E-state index is 13.9. The number of ether oxygens (including phenoxy) is 10. The average molecular weight is 1130 g/mol. The molecule has 2 aromatic rings. The molecular weight excluding hydrogens is 1030 g/mol. The van der Waals surface area contributed by atoms with Gasteiger partial charge in [0.2, 0.25) is 5.79 Å². The lowest BCUT2D eigenvalue weighted by Crippen LogP contribution is -2.63. The third-order valence-corrected chi connectivity index (χ3v) is 20.3. The molecule has 14 nitrogen and oxygen atoms in total. The molecule has 0 spiro atoms. The summed E-state index contributed by atoms with van der Waals surface area (Å²) in [6.07, 6.45) is 15.2. The molecule has 0 amide bonds. The number of methoxy groups -OCH3 is 3. The van der Waals surface area contributed by atoms with Crippen molar-refractivity contribution in [3.8, 4) is 5.75 Å². The maximum absolute atomic E-state index is 13.9. The summed E-state index contributed by atoms with van der Waals surface area (Å²) in [5, 5.41) is 9.83. The van der Waals surface area contributed by atoms with E-state index in [4.69, 9.17) is 51.8 Å². The van der Waals surface area contributed by atoms with Crippen molar-refractivity contribution in [3.05, 3.63) is 138 Å². The fourth-order valence-electron chi connectivity index (χ4n) is 10.3. The molecule has 80 heavy (non-hydrogen) atoms. The van der Waals surface area contributed by atoms with Crippen LogP contribution in [0.15, 0.2) is 127 Å². The zero-order valence-electron chi connectivity index (χ0n) is 50.2. The van der Waals surface area contributed by atoms with Crippen molar-refractivity contribution in [3.63, 3.8) is 0 Å². The Hall–Kier alpha value is -4.52. The highest BCUT2D eigenvalue weighted by atomic mass is 28.4. The van der Waals surface area contributed by atoms with Gasteiger partial charge in [-0.25, -0.2) is 9.59 Å². The van der Waals surface area contributed by atoms with Crippen LogP contribution < -0.4 is 4.74 Å². The van der Waals surface area contributed by atoms with Crippen LogP contribution in [-0.2, 0) is 69.9 Å². The number of carbonyl (C=O) groups excluding carboxylic acids is 2. The van der Waals surface area contributed by atoms with Gasteiger partial charge in [-0.3, -0.25) is 0 Å². The van der Waals surface area contributed by atoms with E-state index in [1.807, 2.05) is 99.7 Å². The van der Waals surface area contributed by atoms with Crippen LogP contribution in [0.25, 0.3) is 0 Å². The first-order chi connectivity index (χ1) is 38.0. The predicted molar refractivity (Wildman–Crippen MR) is 315 cm³/mol.